The van der Waals surface area contributed by atoms with Crippen LogP contribution in [0.25, 0.3) is 0 Å². The molecule has 0 aliphatic carbocycles. The van der Waals surface area contributed by atoms with Crippen molar-refractivity contribution in [3.63, 3.8) is 0 Å². The van der Waals surface area contributed by atoms with E-state index in [0.29, 0.717) is 13.1 Å². The van der Waals surface area contributed by atoms with Gasteiger partial charge in [0.1, 0.15) is 0 Å². The summed E-state index contributed by atoms with van der Waals surface area (Å²) in [6, 6.07) is 10.0. The minimum atomic E-state index is -0.387. The molecule has 1 aliphatic rings. The summed E-state index contributed by atoms with van der Waals surface area (Å²) in [5.74, 6) is 0.130. The maximum atomic E-state index is 12.4. The molecular weight excluding hydrogens is 314 g/mol. The van der Waals surface area contributed by atoms with Crippen LogP contribution in [0.2, 0.25) is 0 Å². The first-order valence-corrected chi connectivity index (χ1v) is 9.24. The van der Waals surface area contributed by atoms with Gasteiger partial charge in [-0.3, -0.25) is 9.59 Å². The van der Waals surface area contributed by atoms with Gasteiger partial charge in [0, 0.05) is 37.3 Å². The lowest BCUT2D eigenvalue weighted by molar-refractivity contribution is -0.142. The van der Waals surface area contributed by atoms with Gasteiger partial charge in [-0.2, -0.15) is 0 Å². The van der Waals surface area contributed by atoms with E-state index < -0.39 is 0 Å². The summed E-state index contributed by atoms with van der Waals surface area (Å²) in [4.78, 5) is 26.6. The van der Waals surface area contributed by atoms with Gasteiger partial charge in [-0.15, -0.1) is 0 Å². The molecule has 2 rings (SSSR count). The van der Waals surface area contributed by atoms with Crippen molar-refractivity contribution in [1.29, 1.82) is 0 Å². The molecule has 0 saturated carbocycles. The van der Waals surface area contributed by atoms with Gasteiger partial charge in [-0.05, 0) is 31.4 Å². The van der Waals surface area contributed by atoms with Gasteiger partial charge in [-0.1, -0.05) is 39.0 Å². The van der Waals surface area contributed by atoms with Gasteiger partial charge in [0.15, 0.2) is 0 Å². The Kier molecular flexibility index (Phi) is 6.85. The molecule has 2 amide bonds. The summed E-state index contributed by atoms with van der Waals surface area (Å²) >= 11 is 0. The van der Waals surface area contributed by atoms with E-state index in [2.05, 4.69) is 10.6 Å². The summed E-state index contributed by atoms with van der Waals surface area (Å²) in [7, 11) is 0. The van der Waals surface area contributed by atoms with E-state index >= 15 is 0 Å². The molecule has 0 aromatic heterocycles. The van der Waals surface area contributed by atoms with Crippen molar-refractivity contribution in [2.45, 2.75) is 40.0 Å². The first-order chi connectivity index (χ1) is 11.9. The van der Waals surface area contributed by atoms with Crippen molar-refractivity contribution in [2.75, 3.05) is 31.5 Å². The Balaban J connectivity index is 1.69. The van der Waals surface area contributed by atoms with Crippen LogP contribution >= 0.6 is 0 Å². The topological polar surface area (TPSA) is 61.4 Å². The molecule has 1 fully saturated rings. The Bertz CT molecular complexity index is 566. The SMILES string of the molecule is CC(C)(C)C(=O)N1CCC[C@@H](C(=O)NCCCNc2ccccc2)C1. The molecule has 1 aromatic rings. The standard InChI is InChI=1S/C20H31N3O2/c1-20(2,3)19(25)23-14-7-9-16(15-23)18(24)22-13-8-12-21-17-10-5-4-6-11-17/h4-6,10-11,16,21H,7-9,12-15H2,1-3H3,(H,22,24)/t16-/m1/s1. The van der Waals surface area contributed by atoms with E-state index in [1.807, 2.05) is 56.0 Å². The van der Waals surface area contributed by atoms with Gasteiger partial charge in [-0.25, -0.2) is 0 Å². The van der Waals surface area contributed by atoms with Crippen LogP contribution < -0.4 is 10.6 Å². The smallest absolute Gasteiger partial charge is 0.227 e. The third kappa shape index (κ3) is 6.07. The summed E-state index contributed by atoms with van der Waals surface area (Å²) in [5.41, 5.74) is 0.707. The number of likely N-dealkylation sites (tertiary alicyclic amines) is 1. The summed E-state index contributed by atoms with van der Waals surface area (Å²) < 4.78 is 0. The van der Waals surface area contributed by atoms with Crippen molar-refractivity contribution in [3.05, 3.63) is 30.3 Å². The third-order valence-electron chi connectivity index (χ3n) is 4.48. The zero-order chi connectivity index (χ0) is 18.3. The van der Waals surface area contributed by atoms with Crippen molar-refractivity contribution < 1.29 is 9.59 Å². The van der Waals surface area contributed by atoms with Crippen LogP contribution in [0, 0.1) is 11.3 Å². The van der Waals surface area contributed by atoms with Crippen LogP contribution in [-0.2, 0) is 9.59 Å². The van der Waals surface area contributed by atoms with Crippen LogP contribution in [0.4, 0.5) is 5.69 Å². The number of anilines is 1. The van der Waals surface area contributed by atoms with Crippen molar-refractivity contribution >= 4 is 17.5 Å². The van der Waals surface area contributed by atoms with Crippen molar-refractivity contribution in [3.8, 4) is 0 Å². The van der Waals surface area contributed by atoms with Gasteiger partial charge in [0.05, 0.1) is 5.92 Å². The second kappa shape index (κ2) is 8.88. The minimum Gasteiger partial charge on any atom is -0.385 e. The van der Waals surface area contributed by atoms with Crippen LogP contribution in [0.3, 0.4) is 0 Å². The molecule has 5 heteroatoms. The molecule has 0 unspecified atom stereocenters. The van der Waals surface area contributed by atoms with Crippen LogP contribution in [0.1, 0.15) is 40.0 Å². The predicted octanol–water partition coefficient (Wildman–Crippen LogP) is 2.89. The minimum absolute atomic E-state index is 0.0751. The zero-order valence-electron chi connectivity index (χ0n) is 15.7. The van der Waals surface area contributed by atoms with Gasteiger partial charge >= 0.3 is 0 Å². The molecule has 0 spiro atoms. The predicted molar refractivity (Wildman–Crippen MR) is 101 cm³/mol. The van der Waals surface area contributed by atoms with E-state index in [4.69, 9.17) is 0 Å². The highest BCUT2D eigenvalue weighted by Crippen LogP contribution is 2.23. The van der Waals surface area contributed by atoms with Crippen molar-refractivity contribution in [2.24, 2.45) is 11.3 Å². The van der Waals surface area contributed by atoms with Crippen molar-refractivity contribution in [1.82, 2.24) is 10.2 Å². The number of para-hydroxylation sites is 1. The number of rotatable bonds is 6. The molecule has 0 bridgehead atoms. The molecular formula is C20H31N3O2. The van der Waals surface area contributed by atoms with E-state index in [-0.39, 0.29) is 23.1 Å². The van der Waals surface area contributed by atoms with Gasteiger partial charge < -0.3 is 15.5 Å². The Morgan fingerprint density at radius 1 is 1.16 bits per heavy atom. The number of nitrogens with one attached hydrogen (secondary N) is 2. The number of nitrogens with zero attached hydrogens (tertiary/aromatic N) is 1. The summed E-state index contributed by atoms with van der Waals surface area (Å²) in [6.07, 6.45) is 2.63. The fraction of sp³-hybridized carbons (Fsp3) is 0.600. The Morgan fingerprint density at radius 2 is 1.88 bits per heavy atom. The summed E-state index contributed by atoms with van der Waals surface area (Å²) in [5, 5.41) is 6.35. The van der Waals surface area contributed by atoms with E-state index in [9.17, 15) is 9.59 Å². The largest absolute Gasteiger partial charge is 0.385 e. The molecule has 1 heterocycles. The number of hydrogen-bond donors (Lipinski definition) is 2. The molecule has 25 heavy (non-hydrogen) atoms. The number of hydrogen-bond acceptors (Lipinski definition) is 3. The first-order valence-electron chi connectivity index (χ1n) is 9.24. The molecule has 138 valence electrons. The van der Waals surface area contributed by atoms with Crippen LogP contribution in [0.15, 0.2) is 30.3 Å². The van der Waals surface area contributed by atoms with E-state index in [0.717, 1.165) is 38.0 Å². The Morgan fingerprint density at radius 3 is 2.56 bits per heavy atom. The summed E-state index contributed by atoms with van der Waals surface area (Å²) in [6.45, 7) is 8.58. The van der Waals surface area contributed by atoms with E-state index in [1.165, 1.54) is 0 Å². The first kappa shape index (κ1) is 19.3. The maximum absolute atomic E-state index is 12.4. The van der Waals surface area contributed by atoms with E-state index in [1.54, 1.807) is 0 Å². The highest BCUT2D eigenvalue weighted by molar-refractivity contribution is 5.83. The highest BCUT2D eigenvalue weighted by atomic mass is 16.2. The second-order valence-corrected chi connectivity index (χ2v) is 7.78. The maximum Gasteiger partial charge on any atom is 0.227 e. The fourth-order valence-corrected chi connectivity index (χ4v) is 3.08. The van der Waals surface area contributed by atoms with Gasteiger partial charge in [0.2, 0.25) is 11.8 Å². The Hall–Kier alpha value is -2.04. The number of carbonyl (C=O) groups excluding carboxylic acids is 2. The quantitative estimate of drug-likeness (QED) is 0.779. The monoisotopic (exact) mass is 345 g/mol. The number of carbonyl (C=O) groups is 2. The lowest BCUT2D eigenvalue weighted by Gasteiger charge is -2.35. The number of benzene rings is 1. The lowest BCUT2D eigenvalue weighted by atomic mass is 9.91. The Labute approximate surface area is 151 Å². The molecule has 1 atom stereocenters. The second-order valence-electron chi connectivity index (χ2n) is 7.78. The van der Waals surface area contributed by atoms with Gasteiger partial charge in [0.25, 0.3) is 0 Å². The lowest BCUT2D eigenvalue weighted by Crippen LogP contribution is -2.48. The number of amides is 2. The normalized spacial score (nSPS) is 17.9. The molecule has 1 aliphatic heterocycles. The highest BCUT2D eigenvalue weighted by Gasteiger charge is 2.33. The molecule has 0 radical (unpaired) electrons. The molecule has 1 aromatic carbocycles. The van der Waals surface area contributed by atoms with Crippen LogP contribution in [-0.4, -0.2) is 42.9 Å². The fourth-order valence-electron chi connectivity index (χ4n) is 3.08. The molecule has 1 saturated heterocycles. The van der Waals surface area contributed by atoms with Crippen LogP contribution in [0.5, 0.6) is 0 Å². The number of piperidine rings is 1. The average Bonchev–Trinajstić information content (AvgIpc) is 2.61. The average molecular weight is 345 g/mol. The third-order valence-corrected chi connectivity index (χ3v) is 4.48. The zero-order valence-corrected chi connectivity index (χ0v) is 15.7. The molecule has 5 nitrogen and oxygen atoms in total. The molecule has 2 N–H and O–H groups in total.